The molecule has 0 spiro atoms. The zero-order valence-corrected chi connectivity index (χ0v) is 15.8. The number of halogens is 2. The van der Waals surface area contributed by atoms with E-state index in [1.807, 2.05) is 6.92 Å². The Labute approximate surface area is 157 Å². The standard InChI is InChI=1S/C18H22FN3OS.ClH/c1-2-4-13(20)17(23)21-14-5-3-6-15-16(14)24-18(22-15)11-7-9-12(19)10-8-11;/h7-10,13-14H,2-6,20H2,1H3,(H,21,23);1H. The first-order valence-corrected chi connectivity index (χ1v) is 9.21. The van der Waals surface area contributed by atoms with Crippen LogP contribution in [0.1, 0.15) is 49.2 Å². The third-order valence-corrected chi connectivity index (χ3v) is 5.55. The van der Waals surface area contributed by atoms with Crippen molar-refractivity contribution in [3.63, 3.8) is 0 Å². The van der Waals surface area contributed by atoms with E-state index in [-0.39, 0.29) is 30.2 Å². The molecule has 4 nitrogen and oxygen atoms in total. The molecule has 0 saturated carbocycles. The van der Waals surface area contributed by atoms with Crippen LogP contribution in [-0.2, 0) is 11.2 Å². The van der Waals surface area contributed by atoms with Crippen LogP contribution in [-0.4, -0.2) is 16.9 Å². The summed E-state index contributed by atoms with van der Waals surface area (Å²) in [4.78, 5) is 18.0. The van der Waals surface area contributed by atoms with E-state index in [0.29, 0.717) is 6.42 Å². The number of thiazole rings is 1. The fraction of sp³-hybridized carbons (Fsp3) is 0.444. The van der Waals surface area contributed by atoms with Gasteiger partial charge in [0.25, 0.3) is 0 Å². The largest absolute Gasteiger partial charge is 0.347 e. The first-order valence-electron chi connectivity index (χ1n) is 8.40. The van der Waals surface area contributed by atoms with Gasteiger partial charge in [-0.15, -0.1) is 23.7 Å². The highest BCUT2D eigenvalue weighted by Crippen LogP contribution is 2.38. The van der Waals surface area contributed by atoms with Crippen LogP contribution in [0.3, 0.4) is 0 Å². The summed E-state index contributed by atoms with van der Waals surface area (Å²) in [6.07, 6.45) is 4.39. The molecule has 1 heterocycles. The van der Waals surface area contributed by atoms with Gasteiger partial charge >= 0.3 is 0 Å². The molecule has 0 bridgehead atoms. The number of benzene rings is 1. The first-order chi connectivity index (χ1) is 11.6. The molecule has 2 aromatic rings. The molecule has 2 unspecified atom stereocenters. The highest BCUT2D eigenvalue weighted by Gasteiger charge is 2.27. The molecule has 25 heavy (non-hydrogen) atoms. The maximum absolute atomic E-state index is 13.1. The van der Waals surface area contributed by atoms with Crippen LogP contribution in [0.5, 0.6) is 0 Å². The van der Waals surface area contributed by atoms with Crippen molar-refractivity contribution < 1.29 is 9.18 Å². The molecule has 0 saturated heterocycles. The van der Waals surface area contributed by atoms with Gasteiger partial charge in [0, 0.05) is 5.56 Å². The minimum atomic E-state index is -0.454. The van der Waals surface area contributed by atoms with Gasteiger partial charge in [0.05, 0.1) is 22.7 Å². The predicted octanol–water partition coefficient (Wildman–Crippen LogP) is 3.99. The number of nitrogens with one attached hydrogen (secondary N) is 1. The number of amides is 1. The third kappa shape index (κ3) is 4.57. The fourth-order valence-electron chi connectivity index (χ4n) is 2.99. The number of aromatic nitrogens is 1. The normalized spacial score (nSPS) is 17.3. The number of carbonyl (C=O) groups excluding carboxylic acids is 1. The summed E-state index contributed by atoms with van der Waals surface area (Å²) in [6.45, 7) is 2.02. The van der Waals surface area contributed by atoms with E-state index >= 15 is 0 Å². The Hall–Kier alpha value is -1.50. The molecule has 3 N–H and O–H groups in total. The quantitative estimate of drug-likeness (QED) is 0.820. The van der Waals surface area contributed by atoms with E-state index in [1.165, 1.54) is 12.1 Å². The van der Waals surface area contributed by atoms with E-state index in [1.54, 1.807) is 23.5 Å². The highest BCUT2D eigenvalue weighted by atomic mass is 35.5. The van der Waals surface area contributed by atoms with Crippen molar-refractivity contribution >= 4 is 29.7 Å². The lowest BCUT2D eigenvalue weighted by Gasteiger charge is -2.24. The lowest BCUT2D eigenvalue weighted by Crippen LogP contribution is -2.42. The number of aryl methyl sites for hydroxylation is 1. The van der Waals surface area contributed by atoms with Gasteiger partial charge in [-0.05, 0) is 49.9 Å². The summed E-state index contributed by atoms with van der Waals surface area (Å²) in [5, 5.41) is 3.95. The fourth-order valence-corrected chi connectivity index (χ4v) is 4.20. The number of hydrogen-bond acceptors (Lipinski definition) is 4. The zero-order valence-electron chi connectivity index (χ0n) is 14.1. The van der Waals surface area contributed by atoms with Crippen molar-refractivity contribution in [2.24, 2.45) is 5.73 Å². The van der Waals surface area contributed by atoms with Crippen LogP contribution in [0.15, 0.2) is 24.3 Å². The molecule has 1 aromatic heterocycles. The SMILES string of the molecule is CCCC(N)C(=O)NC1CCCc2nc(-c3ccc(F)cc3)sc21.Cl. The number of nitrogens with two attached hydrogens (primary N) is 1. The van der Waals surface area contributed by atoms with Gasteiger partial charge in [0.1, 0.15) is 10.8 Å². The summed E-state index contributed by atoms with van der Waals surface area (Å²) in [5.41, 5.74) is 7.86. The Balaban J connectivity index is 0.00000225. The Bertz CT molecular complexity index is 720. The molecule has 3 rings (SSSR count). The lowest BCUT2D eigenvalue weighted by atomic mass is 9.97. The lowest BCUT2D eigenvalue weighted by molar-refractivity contribution is -0.123. The summed E-state index contributed by atoms with van der Waals surface area (Å²) in [6, 6.07) is 5.90. The number of hydrogen-bond donors (Lipinski definition) is 2. The maximum Gasteiger partial charge on any atom is 0.237 e. The second-order valence-corrected chi connectivity index (χ2v) is 7.22. The van der Waals surface area contributed by atoms with Crippen molar-refractivity contribution in [1.82, 2.24) is 10.3 Å². The van der Waals surface area contributed by atoms with Crippen LogP contribution in [0.25, 0.3) is 10.6 Å². The van der Waals surface area contributed by atoms with E-state index in [0.717, 1.165) is 46.8 Å². The van der Waals surface area contributed by atoms with Gasteiger partial charge in [-0.2, -0.15) is 0 Å². The topological polar surface area (TPSA) is 68.0 Å². The van der Waals surface area contributed by atoms with E-state index in [4.69, 9.17) is 10.7 Å². The number of nitrogens with zero attached hydrogens (tertiary/aromatic N) is 1. The molecule has 1 aromatic carbocycles. The monoisotopic (exact) mass is 383 g/mol. The smallest absolute Gasteiger partial charge is 0.237 e. The zero-order chi connectivity index (χ0) is 17.1. The van der Waals surface area contributed by atoms with Crippen molar-refractivity contribution in [2.45, 2.75) is 51.1 Å². The third-order valence-electron chi connectivity index (χ3n) is 4.29. The Morgan fingerprint density at radius 2 is 2.16 bits per heavy atom. The van der Waals surface area contributed by atoms with Crippen LogP contribution in [0, 0.1) is 5.82 Å². The molecule has 1 aliphatic carbocycles. The predicted molar refractivity (Wildman–Crippen MR) is 101 cm³/mol. The summed E-state index contributed by atoms with van der Waals surface area (Å²) >= 11 is 1.58. The molecule has 0 radical (unpaired) electrons. The van der Waals surface area contributed by atoms with Gasteiger partial charge in [-0.3, -0.25) is 4.79 Å². The molecule has 2 atom stereocenters. The Morgan fingerprint density at radius 3 is 2.84 bits per heavy atom. The van der Waals surface area contributed by atoms with Crippen molar-refractivity contribution in [3.05, 3.63) is 40.7 Å². The molecule has 7 heteroatoms. The van der Waals surface area contributed by atoms with Crippen molar-refractivity contribution in [2.75, 3.05) is 0 Å². The van der Waals surface area contributed by atoms with E-state index in [2.05, 4.69) is 5.32 Å². The number of carbonyl (C=O) groups is 1. The number of rotatable bonds is 5. The van der Waals surface area contributed by atoms with Crippen LogP contribution in [0.2, 0.25) is 0 Å². The van der Waals surface area contributed by atoms with Gasteiger partial charge in [0.2, 0.25) is 5.91 Å². The average molecular weight is 384 g/mol. The van der Waals surface area contributed by atoms with Crippen molar-refractivity contribution in [3.8, 4) is 10.6 Å². The maximum atomic E-state index is 13.1. The van der Waals surface area contributed by atoms with Gasteiger partial charge in [-0.25, -0.2) is 9.37 Å². The van der Waals surface area contributed by atoms with Crippen LogP contribution >= 0.6 is 23.7 Å². The molecule has 0 fully saturated rings. The minimum Gasteiger partial charge on any atom is -0.347 e. The van der Waals surface area contributed by atoms with Crippen LogP contribution in [0.4, 0.5) is 4.39 Å². The minimum absolute atomic E-state index is 0. The van der Waals surface area contributed by atoms with E-state index in [9.17, 15) is 9.18 Å². The van der Waals surface area contributed by atoms with Gasteiger partial charge < -0.3 is 11.1 Å². The Kier molecular flexibility index (Phi) is 6.93. The second-order valence-electron chi connectivity index (χ2n) is 6.19. The molecule has 1 aliphatic rings. The first kappa shape index (κ1) is 19.8. The molecular weight excluding hydrogens is 361 g/mol. The molecular formula is C18H23ClFN3OS. The van der Waals surface area contributed by atoms with Crippen molar-refractivity contribution in [1.29, 1.82) is 0 Å². The molecule has 0 aliphatic heterocycles. The average Bonchev–Trinajstić information content (AvgIpc) is 3.01. The van der Waals surface area contributed by atoms with Gasteiger partial charge in [-0.1, -0.05) is 13.3 Å². The Morgan fingerprint density at radius 1 is 1.44 bits per heavy atom. The summed E-state index contributed by atoms with van der Waals surface area (Å²) in [5.74, 6) is -0.346. The highest BCUT2D eigenvalue weighted by molar-refractivity contribution is 7.15. The summed E-state index contributed by atoms with van der Waals surface area (Å²) in [7, 11) is 0. The van der Waals surface area contributed by atoms with E-state index < -0.39 is 6.04 Å². The molecule has 136 valence electrons. The number of fused-ring (bicyclic) bond motifs is 1. The molecule has 1 amide bonds. The summed E-state index contributed by atoms with van der Waals surface area (Å²) < 4.78 is 13.1. The second kappa shape index (κ2) is 8.74. The van der Waals surface area contributed by atoms with Gasteiger partial charge in [0.15, 0.2) is 0 Å². The van der Waals surface area contributed by atoms with Crippen LogP contribution < -0.4 is 11.1 Å².